The molecule has 17 heavy (non-hydrogen) atoms. The first-order valence-electron chi connectivity index (χ1n) is 4.88. The molecule has 0 fully saturated rings. The van der Waals surface area contributed by atoms with E-state index in [4.69, 9.17) is 4.52 Å². The van der Waals surface area contributed by atoms with Gasteiger partial charge in [0.25, 0.3) is 0 Å². The van der Waals surface area contributed by atoms with Crippen molar-refractivity contribution in [1.82, 2.24) is 19.7 Å². The highest BCUT2D eigenvalue weighted by molar-refractivity contribution is 7.89. The lowest BCUT2D eigenvalue weighted by molar-refractivity contribution is 0.380. The number of rotatable bonds is 4. The van der Waals surface area contributed by atoms with E-state index in [1.165, 1.54) is 17.1 Å². The summed E-state index contributed by atoms with van der Waals surface area (Å²) in [4.78, 5) is 0.166. The fourth-order valence-corrected chi connectivity index (χ4v) is 2.63. The minimum Gasteiger partial charge on any atom is -0.360 e. The second-order valence-electron chi connectivity index (χ2n) is 3.56. The molecular weight excluding hydrogens is 244 g/mol. The molecule has 0 radical (unpaired) electrons. The fourth-order valence-electron chi connectivity index (χ4n) is 1.42. The van der Waals surface area contributed by atoms with Crippen LogP contribution in [0.4, 0.5) is 0 Å². The molecule has 8 heteroatoms. The minimum atomic E-state index is -3.57. The van der Waals surface area contributed by atoms with E-state index >= 15 is 0 Å². The Kier molecular flexibility index (Phi) is 2.99. The zero-order chi connectivity index (χ0) is 12.5. The number of sulfonamides is 1. The van der Waals surface area contributed by atoms with E-state index in [1.807, 2.05) is 0 Å². The summed E-state index contributed by atoms with van der Waals surface area (Å²) in [6.07, 6.45) is 2.91. The molecule has 1 N–H and O–H groups in total. The van der Waals surface area contributed by atoms with Gasteiger partial charge in [-0.25, -0.2) is 13.1 Å². The Hall–Kier alpha value is -1.67. The molecule has 7 nitrogen and oxygen atoms in total. The second kappa shape index (κ2) is 4.30. The summed E-state index contributed by atoms with van der Waals surface area (Å²) in [6.45, 7) is 1.71. The van der Waals surface area contributed by atoms with Crippen molar-refractivity contribution in [2.45, 2.75) is 18.4 Å². The fraction of sp³-hybridized carbons (Fsp3) is 0.333. The summed E-state index contributed by atoms with van der Waals surface area (Å²) >= 11 is 0. The number of nitrogens with zero attached hydrogens (tertiary/aromatic N) is 3. The third kappa shape index (κ3) is 2.53. The van der Waals surface area contributed by atoms with Crippen molar-refractivity contribution in [1.29, 1.82) is 0 Å². The quantitative estimate of drug-likeness (QED) is 0.843. The van der Waals surface area contributed by atoms with Gasteiger partial charge in [-0.2, -0.15) is 5.10 Å². The molecule has 92 valence electrons. The molecule has 0 atom stereocenters. The van der Waals surface area contributed by atoms with E-state index in [1.54, 1.807) is 20.0 Å². The van der Waals surface area contributed by atoms with Gasteiger partial charge in [0, 0.05) is 19.3 Å². The summed E-state index contributed by atoms with van der Waals surface area (Å²) in [6, 6.07) is 1.60. The number of aryl methyl sites for hydroxylation is 2. The molecule has 0 unspecified atom stereocenters. The molecule has 0 aliphatic carbocycles. The van der Waals surface area contributed by atoms with Gasteiger partial charge in [0.05, 0.1) is 18.4 Å². The lowest BCUT2D eigenvalue weighted by Gasteiger charge is -2.02. The Morgan fingerprint density at radius 3 is 2.82 bits per heavy atom. The van der Waals surface area contributed by atoms with E-state index < -0.39 is 10.0 Å². The summed E-state index contributed by atoms with van der Waals surface area (Å²) in [5, 5.41) is 7.48. The lowest BCUT2D eigenvalue weighted by Crippen LogP contribution is -2.23. The van der Waals surface area contributed by atoms with Gasteiger partial charge in [-0.05, 0) is 6.92 Å². The second-order valence-corrected chi connectivity index (χ2v) is 5.29. The first-order chi connectivity index (χ1) is 7.99. The van der Waals surface area contributed by atoms with Crippen LogP contribution in [0.3, 0.4) is 0 Å². The van der Waals surface area contributed by atoms with Gasteiger partial charge in [0.2, 0.25) is 10.0 Å². The van der Waals surface area contributed by atoms with E-state index in [0.29, 0.717) is 11.5 Å². The van der Waals surface area contributed by atoms with Crippen molar-refractivity contribution in [2.24, 2.45) is 7.05 Å². The SMILES string of the molecule is Cc1nn(C)cc1S(=O)(=O)NCc1ccno1. The summed E-state index contributed by atoms with van der Waals surface area (Å²) in [7, 11) is -1.90. The number of nitrogens with one attached hydrogen (secondary N) is 1. The molecule has 0 aromatic carbocycles. The Morgan fingerprint density at radius 2 is 2.29 bits per heavy atom. The van der Waals surface area contributed by atoms with E-state index in [2.05, 4.69) is 15.0 Å². The highest BCUT2D eigenvalue weighted by Crippen LogP contribution is 2.12. The van der Waals surface area contributed by atoms with Crippen LogP contribution in [0.25, 0.3) is 0 Å². The van der Waals surface area contributed by atoms with Crippen LogP contribution in [-0.4, -0.2) is 23.4 Å². The van der Waals surface area contributed by atoms with Crippen molar-refractivity contribution in [2.75, 3.05) is 0 Å². The van der Waals surface area contributed by atoms with E-state index in [-0.39, 0.29) is 11.4 Å². The van der Waals surface area contributed by atoms with Crippen LogP contribution in [0, 0.1) is 6.92 Å². The summed E-state index contributed by atoms with van der Waals surface area (Å²) < 4.78 is 32.5. The molecule has 0 spiro atoms. The van der Waals surface area contributed by atoms with E-state index in [0.717, 1.165) is 0 Å². The van der Waals surface area contributed by atoms with Gasteiger partial charge < -0.3 is 4.52 Å². The molecule has 0 aliphatic heterocycles. The van der Waals surface area contributed by atoms with E-state index in [9.17, 15) is 8.42 Å². The Labute approximate surface area is 98.5 Å². The van der Waals surface area contributed by atoms with Crippen LogP contribution >= 0.6 is 0 Å². The normalized spacial score (nSPS) is 11.9. The largest absolute Gasteiger partial charge is 0.360 e. The van der Waals surface area contributed by atoms with Crippen molar-refractivity contribution in [3.05, 3.63) is 29.9 Å². The molecule has 0 bridgehead atoms. The van der Waals surface area contributed by atoms with Crippen molar-refractivity contribution >= 4 is 10.0 Å². The average Bonchev–Trinajstić information content (AvgIpc) is 2.85. The molecule has 0 saturated carbocycles. The summed E-state index contributed by atoms with van der Waals surface area (Å²) in [5.41, 5.74) is 0.456. The van der Waals surface area contributed by atoms with Crippen LogP contribution in [-0.2, 0) is 23.6 Å². The Balaban J connectivity index is 2.17. The van der Waals surface area contributed by atoms with Gasteiger partial charge in [-0.15, -0.1) is 0 Å². The number of hydrogen-bond donors (Lipinski definition) is 1. The third-order valence-corrected chi connectivity index (χ3v) is 3.69. The molecular formula is C9H12N4O3S. The minimum absolute atomic E-state index is 0.0661. The molecule has 2 rings (SSSR count). The van der Waals surface area contributed by atoms with Crippen LogP contribution in [0.5, 0.6) is 0 Å². The molecule has 2 aromatic heterocycles. The highest BCUT2D eigenvalue weighted by Gasteiger charge is 2.19. The van der Waals surface area contributed by atoms with Gasteiger partial charge >= 0.3 is 0 Å². The van der Waals surface area contributed by atoms with Crippen LogP contribution in [0.15, 0.2) is 27.9 Å². The highest BCUT2D eigenvalue weighted by atomic mass is 32.2. The van der Waals surface area contributed by atoms with Gasteiger partial charge in [0.15, 0.2) is 5.76 Å². The van der Waals surface area contributed by atoms with Crippen LogP contribution in [0.1, 0.15) is 11.5 Å². The maximum absolute atomic E-state index is 11.9. The molecule has 0 aliphatic rings. The summed E-state index contributed by atoms with van der Waals surface area (Å²) in [5.74, 6) is 0.454. The predicted octanol–water partition coefficient (Wildman–Crippen LogP) is 0.195. The van der Waals surface area contributed by atoms with Gasteiger partial charge in [-0.3, -0.25) is 4.68 Å². The standard InChI is InChI=1S/C9H12N4O3S/c1-7-9(6-13(2)12-7)17(14,15)11-5-8-3-4-10-16-8/h3-4,6,11H,5H2,1-2H3. The van der Waals surface area contributed by atoms with Gasteiger partial charge in [0.1, 0.15) is 4.90 Å². The Bertz CT molecular complexity index is 600. The zero-order valence-electron chi connectivity index (χ0n) is 9.41. The average molecular weight is 256 g/mol. The third-order valence-electron chi connectivity index (χ3n) is 2.19. The zero-order valence-corrected chi connectivity index (χ0v) is 10.2. The number of aromatic nitrogens is 3. The van der Waals surface area contributed by atoms with Crippen molar-refractivity contribution in [3.63, 3.8) is 0 Å². The van der Waals surface area contributed by atoms with Gasteiger partial charge in [-0.1, -0.05) is 5.16 Å². The predicted molar refractivity (Wildman–Crippen MR) is 58.5 cm³/mol. The molecule has 2 heterocycles. The topological polar surface area (TPSA) is 90.0 Å². The smallest absolute Gasteiger partial charge is 0.244 e. The van der Waals surface area contributed by atoms with Crippen LogP contribution < -0.4 is 4.72 Å². The lowest BCUT2D eigenvalue weighted by atomic mass is 10.5. The monoisotopic (exact) mass is 256 g/mol. The number of hydrogen-bond acceptors (Lipinski definition) is 5. The first-order valence-corrected chi connectivity index (χ1v) is 6.37. The van der Waals surface area contributed by atoms with Crippen molar-refractivity contribution in [3.8, 4) is 0 Å². The van der Waals surface area contributed by atoms with Crippen LogP contribution in [0.2, 0.25) is 0 Å². The first kappa shape index (κ1) is 11.8. The van der Waals surface area contributed by atoms with Crippen molar-refractivity contribution < 1.29 is 12.9 Å². The molecule has 0 amide bonds. The molecule has 0 saturated heterocycles. The molecule has 2 aromatic rings. The Morgan fingerprint density at radius 1 is 1.53 bits per heavy atom. The maximum atomic E-state index is 11.9. The maximum Gasteiger partial charge on any atom is 0.244 e.